The summed E-state index contributed by atoms with van der Waals surface area (Å²) in [5, 5.41) is 7.10. The molecule has 0 spiro atoms. The second kappa shape index (κ2) is 6.89. The van der Waals surface area contributed by atoms with Gasteiger partial charge in [0, 0.05) is 18.3 Å². The van der Waals surface area contributed by atoms with Crippen LogP contribution in [0.15, 0.2) is 41.2 Å². The van der Waals surface area contributed by atoms with Crippen LogP contribution in [0.5, 0.6) is 0 Å². The maximum absolute atomic E-state index is 14.3. The molecule has 1 unspecified atom stereocenters. The van der Waals surface area contributed by atoms with Crippen LogP contribution in [0.1, 0.15) is 12.8 Å². The van der Waals surface area contributed by atoms with E-state index in [1.165, 1.54) is 12.1 Å². The standard InChI is InChI=1S/C21H21FN6O/c22-13-4-1-5-15-17(13)19(23)18(21(29)28-15)20-26-14-7-6-11(9-16(14)27-20)25-12-3-2-8-24-10-12/h1,4-7,9,12,24-25H,2-3,8,10H2,(H,26,27)(H3,23,28,29). The molecule has 148 valence electrons. The number of fused-ring (bicyclic) bond motifs is 2. The molecule has 3 heterocycles. The number of imidazole rings is 1. The first-order valence-electron chi connectivity index (χ1n) is 9.67. The van der Waals surface area contributed by atoms with E-state index in [0.29, 0.717) is 22.9 Å². The summed E-state index contributed by atoms with van der Waals surface area (Å²) in [6.07, 6.45) is 2.27. The van der Waals surface area contributed by atoms with Gasteiger partial charge in [0.25, 0.3) is 5.56 Å². The zero-order valence-corrected chi connectivity index (χ0v) is 15.7. The van der Waals surface area contributed by atoms with Gasteiger partial charge >= 0.3 is 0 Å². The molecule has 2 aromatic heterocycles. The molecule has 8 heteroatoms. The average Bonchev–Trinajstić information content (AvgIpc) is 3.11. The second-order valence-corrected chi connectivity index (χ2v) is 7.41. The van der Waals surface area contributed by atoms with E-state index in [0.717, 1.165) is 37.1 Å². The van der Waals surface area contributed by atoms with Gasteiger partial charge in [-0.3, -0.25) is 4.79 Å². The van der Waals surface area contributed by atoms with Crippen molar-refractivity contribution in [1.82, 2.24) is 20.3 Å². The number of nitrogens with zero attached hydrogens (tertiary/aromatic N) is 1. The van der Waals surface area contributed by atoms with Crippen molar-refractivity contribution in [3.05, 3.63) is 52.6 Å². The molecule has 4 aromatic rings. The third-order valence-corrected chi connectivity index (χ3v) is 5.41. The first-order chi connectivity index (χ1) is 14.1. The summed E-state index contributed by atoms with van der Waals surface area (Å²) < 4.78 is 14.3. The van der Waals surface area contributed by atoms with Crippen molar-refractivity contribution in [2.45, 2.75) is 18.9 Å². The Hall–Kier alpha value is -3.39. The van der Waals surface area contributed by atoms with Crippen molar-refractivity contribution >= 4 is 33.3 Å². The molecule has 0 bridgehead atoms. The van der Waals surface area contributed by atoms with Crippen LogP contribution in [-0.2, 0) is 0 Å². The lowest BCUT2D eigenvalue weighted by atomic mass is 10.1. The molecule has 29 heavy (non-hydrogen) atoms. The number of nitrogen functional groups attached to an aromatic ring is 1. The highest BCUT2D eigenvalue weighted by molar-refractivity contribution is 5.98. The Morgan fingerprint density at radius 1 is 1.17 bits per heavy atom. The van der Waals surface area contributed by atoms with Gasteiger partial charge in [-0.25, -0.2) is 9.37 Å². The molecule has 1 atom stereocenters. The van der Waals surface area contributed by atoms with Gasteiger partial charge in [-0.05, 0) is 49.7 Å². The number of hydrogen-bond donors (Lipinski definition) is 5. The van der Waals surface area contributed by atoms with Crippen molar-refractivity contribution in [2.24, 2.45) is 0 Å². The molecular weight excluding hydrogens is 371 g/mol. The zero-order valence-electron chi connectivity index (χ0n) is 15.7. The third kappa shape index (κ3) is 3.11. The van der Waals surface area contributed by atoms with E-state index in [1.807, 2.05) is 18.2 Å². The second-order valence-electron chi connectivity index (χ2n) is 7.41. The number of hydrogen-bond acceptors (Lipinski definition) is 5. The number of nitrogens with one attached hydrogen (secondary N) is 4. The number of benzene rings is 2. The maximum Gasteiger partial charge on any atom is 0.261 e. The number of aromatic amines is 2. The summed E-state index contributed by atoms with van der Waals surface area (Å²) >= 11 is 0. The average molecular weight is 392 g/mol. The minimum atomic E-state index is -0.485. The zero-order chi connectivity index (χ0) is 20.0. The van der Waals surface area contributed by atoms with Gasteiger partial charge < -0.3 is 26.3 Å². The van der Waals surface area contributed by atoms with Crippen molar-refractivity contribution in [2.75, 3.05) is 24.1 Å². The molecule has 2 aromatic carbocycles. The van der Waals surface area contributed by atoms with Gasteiger partial charge in [0.15, 0.2) is 0 Å². The van der Waals surface area contributed by atoms with E-state index in [9.17, 15) is 9.18 Å². The number of halogens is 1. The van der Waals surface area contributed by atoms with Gasteiger partial charge in [-0.1, -0.05) is 6.07 Å². The Bertz CT molecular complexity index is 1270. The summed E-state index contributed by atoms with van der Waals surface area (Å²) in [6, 6.07) is 10.7. The SMILES string of the molecule is Nc1c(-c2nc3ccc(NC4CCCNC4)cc3[nH]2)c(=O)[nH]c2cccc(F)c12. The monoisotopic (exact) mass is 392 g/mol. The topological polar surface area (TPSA) is 112 Å². The normalized spacial score (nSPS) is 17.1. The Kier molecular flexibility index (Phi) is 4.21. The van der Waals surface area contributed by atoms with Gasteiger partial charge in [0.05, 0.1) is 27.6 Å². The van der Waals surface area contributed by atoms with E-state index in [-0.39, 0.29) is 16.6 Å². The van der Waals surface area contributed by atoms with Crippen LogP contribution >= 0.6 is 0 Å². The Balaban J connectivity index is 1.57. The Labute approximate surface area is 165 Å². The molecule has 5 rings (SSSR count). The molecule has 0 saturated carbocycles. The number of piperidine rings is 1. The first-order valence-corrected chi connectivity index (χ1v) is 9.67. The first kappa shape index (κ1) is 17.7. The van der Waals surface area contributed by atoms with E-state index < -0.39 is 11.4 Å². The van der Waals surface area contributed by atoms with Gasteiger partial charge in [0.2, 0.25) is 0 Å². The molecule has 0 radical (unpaired) electrons. The van der Waals surface area contributed by atoms with E-state index in [1.54, 1.807) is 6.07 Å². The Morgan fingerprint density at radius 2 is 2.07 bits per heavy atom. The lowest BCUT2D eigenvalue weighted by molar-refractivity contribution is 0.480. The van der Waals surface area contributed by atoms with Crippen LogP contribution in [0.2, 0.25) is 0 Å². The summed E-state index contributed by atoms with van der Waals surface area (Å²) in [7, 11) is 0. The van der Waals surface area contributed by atoms with Crippen molar-refractivity contribution in [3.63, 3.8) is 0 Å². The van der Waals surface area contributed by atoms with E-state index in [4.69, 9.17) is 5.73 Å². The van der Waals surface area contributed by atoms with Crippen LogP contribution in [-0.4, -0.2) is 34.1 Å². The summed E-state index contributed by atoms with van der Waals surface area (Å²) in [5.74, 6) is -0.165. The smallest absolute Gasteiger partial charge is 0.261 e. The largest absolute Gasteiger partial charge is 0.397 e. The third-order valence-electron chi connectivity index (χ3n) is 5.41. The van der Waals surface area contributed by atoms with Crippen LogP contribution in [0.25, 0.3) is 33.3 Å². The molecule has 0 amide bonds. The fourth-order valence-corrected chi connectivity index (χ4v) is 4.00. The predicted octanol–water partition coefficient (Wildman–Crippen LogP) is 2.96. The molecule has 7 nitrogen and oxygen atoms in total. The highest BCUT2D eigenvalue weighted by Crippen LogP contribution is 2.30. The molecule has 1 saturated heterocycles. The van der Waals surface area contributed by atoms with Gasteiger partial charge in [-0.15, -0.1) is 0 Å². The highest BCUT2D eigenvalue weighted by atomic mass is 19.1. The molecule has 1 fully saturated rings. The van der Waals surface area contributed by atoms with Crippen molar-refractivity contribution < 1.29 is 4.39 Å². The maximum atomic E-state index is 14.3. The lowest BCUT2D eigenvalue weighted by Gasteiger charge is -2.24. The summed E-state index contributed by atoms with van der Waals surface area (Å²) in [6.45, 7) is 1.99. The van der Waals surface area contributed by atoms with Crippen LogP contribution < -0.4 is 21.9 Å². The van der Waals surface area contributed by atoms with Crippen LogP contribution in [0.4, 0.5) is 15.8 Å². The van der Waals surface area contributed by atoms with Gasteiger partial charge in [-0.2, -0.15) is 0 Å². The van der Waals surface area contributed by atoms with Crippen LogP contribution in [0, 0.1) is 5.82 Å². The molecule has 1 aliphatic rings. The number of anilines is 2. The fraction of sp³-hybridized carbons (Fsp3) is 0.238. The number of nitrogens with two attached hydrogens (primary N) is 1. The van der Waals surface area contributed by atoms with E-state index >= 15 is 0 Å². The number of H-pyrrole nitrogens is 2. The Morgan fingerprint density at radius 3 is 2.90 bits per heavy atom. The van der Waals surface area contributed by atoms with Crippen molar-refractivity contribution in [1.29, 1.82) is 0 Å². The van der Waals surface area contributed by atoms with Crippen LogP contribution in [0.3, 0.4) is 0 Å². The molecule has 0 aliphatic carbocycles. The quantitative estimate of drug-likeness (QED) is 0.368. The lowest BCUT2D eigenvalue weighted by Crippen LogP contribution is -2.38. The number of rotatable bonds is 3. The predicted molar refractivity (Wildman–Crippen MR) is 114 cm³/mol. The minimum absolute atomic E-state index is 0.0764. The van der Waals surface area contributed by atoms with Crippen molar-refractivity contribution in [3.8, 4) is 11.4 Å². The van der Waals surface area contributed by atoms with E-state index in [2.05, 4.69) is 25.6 Å². The molecule has 1 aliphatic heterocycles. The summed E-state index contributed by atoms with van der Waals surface area (Å²) in [5.41, 5.74) is 8.83. The number of aromatic nitrogens is 3. The fourth-order valence-electron chi connectivity index (χ4n) is 4.00. The minimum Gasteiger partial charge on any atom is -0.397 e. The highest BCUT2D eigenvalue weighted by Gasteiger charge is 2.18. The molecular formula is C21H21FN6O. The summed E-state index contributed by atoms with van der Waals surface area (Å²) in [4.78, 5) is 23.0. The molecule has 6 N–H and O–H groups in total. The number of pyridine rings is 1. The van der Waals surface area contributed by atoms with Gasteiger partial charge in [0.1, 0.15) is 17.2 Å².